The Kier molecular flexibility index (Phi) is 5.23. The summed E-state index contributed by atoms with van der Waals surface area (Å²) in [4.78, 5) is 25.4. The number of phenols is 4. The summed E-state index contributed by atoms with van der Waals surface area (Å²) in [5, 5.41) is 91.1. The third-order valence-corrected chi connectivity index (χ3v) is 8.69. The Morgan fingerprint density at radius 2 is 0.854 bits per heavy atom. The fourth-order valence-electron chi connectivity index (χ4n) is 6.34. The van der Waals surface area contributed by atoms with Crippen LogP contribution in [0.3, 0.4) is 0 Å². The number of aromatic hydroxyl groups is 4. The van der Waals surface area contributed by atoms with Crippen molar-refractivity contribution in [2.45, 2.75) is 0 Å². The van der Waals surface area contributed by atoms with Crippen LogP contribution in [0.4, 0.5) is 11.6 Å². The van der Waals surface area contributed by atoms with Gasteiger partial charge in [0, 0.05) is 32.7 Å². The highest BCUT2D eigenvalue weighted by molar-refractivity contribution is 6.07. The van der Waals surface area contributed by atoms with Crippen LogP contribution in [0, 0.1) is 11.8 Å². The monoisotopic (exact) mass is 646 g/mol. The number of aromatic amines is 2. The number of benzene rings is 2. The summed E-state index contributed by atoms with van der Waals surface area (Å²) >= 11 is 0. The van der Waals surface area contributed by atoms with Crippen molar-refractivity contribution in [2.24, 2.45) is 31.8 Å². The molecule has 4 aromatic rings. The largest absolute Gasteiger partial charge is 0.504 e. The van der Waals surface area contributed by atoms with E-state index in [4.69, 9.17) is 20.0 Å². The Balaban J connectivity index is 1.40. The number of nitrogens with zero attached hydrogens (tertiary/aromatic N) is 4. The summed E-state index contributed by atoms with van der Waals surface area (Å²) < 4.78 is 0. The minimum Gasteiger partial charge on any atom is -0.504 e. The molecular weight excluding hydrogens is 624 g/mol. The van der Waals surface area contributed by atoms with Gasteiger partial charge >= 0.3 is 0 Å². The highest BCUT2D eigenvalue weighted by atomic mass is 16.3. The van der Waals surface area contributed by atoms with Gasteiger partial charge < -0.3 is 61.5 Å². The van der Waals surface area contributed by atoms with E-state index in [1.54, 1.807) is 0 Å². The fourth-order valence-corrected chi connectivity index (χ4v) is 6.34. The summed E-state index contributed by atoms with van der Waals surface area (Å²) in [6.45, 7) is 0. The van der Waals surface area contributed by atoms with Crippen molar-refractivity contribution in [1.82, 2.24) is 20.6 Å². The highest BCUT2D eigenvalue weighted by Gasteiger charge is 2.36. The Bertz CT molecular complexity index is 2440. The predicted molar refractivity (Wildman–Crippen MR) is 170 cm³/mol. The first-order chi connectivity index (χ1) is 23.0. The maximum atomic E-state index is 10.4. The van der Waals surface area contributed by atoms with Crippen molar-refractivity contribution in [3.05, 3.63) is 105 Å². The van der Waals surface area contributed by atoms with Crippen LogP contribution in [0.15, 0.2) is 114 Å². The summed E-state index contributed by atoms with van der Waals surface area (Å²) in [7, 11) is 0. The fraction of sp³-hybridized carbons (Fsp3) is 0.0625. The third-order valence-electron chi connectivity index (χ3n) is 8.69. The molecule has 2 aliphatic carbocycles. The van der Waals surface area contributed by atoms with Crippen molar-refractivity contribution in [1.29, 1.82) is 0 Å². The number of aliphatic imine (C=N–C) groups is 2. The lowest BCUT2D eigenvalue weighted by molar-refractivity contribution is 0.321. The first-order valence-corrected chi connectivity index (χ1v) is 14.4. The summed E-state index contributed by atoms with van der Waals surface area (Å²) in [6, 6.07) is 5.27. The quantitative estimate of drug-likeness (QED) is 0.124. The van der Waals surface area contributed by atoms with Gasteiger partial charge in [-0.15, -0.1) is 0 Å². The SMILES string of the molecule is OC1=CC2=C3N=c4[nH]c(c5cc(O)c(O)cc45)=NC4=C5C=C(O)C(O)=CC5C(=Nc5[nH]c(c6cc(O)c(O)cc56)N=C(N3)C2C=C1O)N4. The van der Waals surface area contributed by atoms with Gasteiger partial charge in [-0.25, -0.2) is 20.0 Å². The van der Waals surface area contributed by atoms with Gasteiger partial charge in [-0.1, -0.05) is 0 Å². The zero-order chi connectivity index (χ0) is 33.2. The minimum absolute atomic E-state index is 0.203. The normalized spacial score (nSPS) is 21.2. The van der Waals surface area contributed by atoms with Gasteiger partial charge in [0.2, 0.25) is 0 Å². The molecule has 9 rings (SSSR count). The number of H-pyrrole nitrogens is 2. The van der Waals surface area contributed by atoms with E-state index >= 15 is 0 Å². The molecule has 0 spiro atoms. The standard InChI is InChI=1S/C32H22N8O8/c41-17-1-9-10(2-18(17)42)26-33-25(9)37-27-11-3-19(43)20(44)4-12(11)29(34-27)39-31-15-7-23(47)24(48)8-16(15)32(36-31)40-30-14-6-22(46)21(45)5-13(14)28(35-30)38-26/h1-9,15,34,41-48H,(H,33,37)(H,36,39)(H,35,38,40). The van der Waals surface area contributed by atoms with Crippen molar-refractivity contribution in [3.8, 4) is 23.0 Å². The van der Waals surface area contributed by atoms with E-state index in [1.165, 1.54) is 48.6 Å². The number of rotatable bonds is 0. The van der Waals surface area contributed by atoms with Gasteiger partial charge in [0.1, 0.15) is 45.9 Å². The molecular formula is C32H22N8O8. The Hall–Kier alpha value is -7.10. The molecule has 238 valence electrons. The Morgan fingerprint density at radius 1 is 0.458 bits per heavy atom. The predicted octanol–water partition coefficient (Wildman–Crippen LogP) is 3.14. The van der Waals surface area contributed by atoms with Crippen LogP contribution < -0.4 is 21.6 Å². The van der Waals surface area contributed by atoms with E-state index in [1.807, 2.05) is 0 Å². The topological polar surface area (TPSA) is 267 Å². The highest BCUT2D eigenvalue weighted by Crippen LogP contribution is 2.43. The van der Waals surface area contributed by atoms with E-state index < -0.39 is 46.4 Å². The lowest BCUT2D eigenvalue weighted by Gasteiger charge is -2.14. The van der Waals surface area contributed by atoms with E-state index in [9.17, 15) is 40.9 Å². The second-order valence-corrected chi connectivity index (χ2v) is 11.6. The van der Waals surface area contributed by atoms with Crippen LogP contribution in [0.2, 0.25) is 0 Å². The number of amidine groups is 2. The second-order valence-electron chi connectivity index (χ2n) is 11.6. The molecule has 5 heterocycles. The molecule has 0 radical (unpaired) electrons. The summed E-state index contributed by atoms with van der Waals surface area (Å²) in [5.74, 6) is -3.17. The van der Waals surface area contributed by atoms with E-state index in [2.05, 4.69) is 20.6 Å². The lowest BCUT2D eigenvalue weighted by atomic mass is 9.94. The summed E-state index contributed by atoms with van der Waals surface area (Å²) in [5.41, 5.74) is 1.29. The van der Waals surface area contributed by atoms with Crippen LogP contribution in [-0.2, 0) is 0 Å². The number of aliphatic hydroxyl groups is 4. The van der Waals surface area contributed by atoms with Crippen molar-refractivity contribution >= 4 is 44.9 Å². The average molecular weight is 647 g/mol. The minimum atomic E-state index is -0.711. The number of aromatic nitrogens is 2. The molecule has 2 atom stereocenters. The average Bonchev–Trinajstić information content (AvgIpc) is 3.74. The van der Waals surface area contributed by atoms with Gasteiger partial charge in [-0.2, -0.15) is 0 Å². The Morgan fingerprint density at radius 3 is 1.27 bits per heavy atom. The smallest absolute Gasteiger partial charge is 0.158 e. The molecule has 8 bridgehead atoms. The third kappa shape index (κ3) is 3.82. The van der Waals surface area contributed by atoms with E-state index in [-0.39, 0.29) is 57.4 Å². The number of phenolic OH excluding ortho intramolecular Hbond substituents is 4. The van der Waals surface area contributed by atoms with Crippen LogP contribution in [0.1, 0.15) is 0 Å². The molecule has 0 saturated carbocycles. The molecule has 12 N–H and O–H groups in total. The first kappa shape index (κ1) is 27.2. The molecule has 0 saturated heterocycles. The number of aliphatic hydroxyl groups excluding tert-OH is 4. The molecule has 0 amide bonds. The molecule has 16 heteroatoms. The number of hydrogen-bond acceptors (Lipinski definition) is 14. The maximum absolute atomic E-state index is 10.4. The van der Waals surface area contributed by atoms with E-state index in [0.717, 1.165) is 0 Å². The molecule has 0 fully saturated rings. The van der Waals surface area contributed by atoms with Gasteiger partial charge in [0.25, 0.3) is 0 Å². The van der Waals surface area contributed by atoms with Gasteiger partial charge in [0.05, 0.1) is 11.8 Å². The molecule has 2 aromatic heterocycles. The number of nitrogens with one attached hydrogen (secondary N) is 4. The van der Waals surface area contributed by atoms with Crippen molar-refractivity contribution in [2.75, 3.05) is 0 Å². The van der Waals surface area contributed by atoms with Gasteiger partial charge in [-0.05, 0) is 48.6 Å². The molecule has 16 nitrogen and oxygen atoms in total. The van der Waals surface area contributed by atoms with Crippen LogP contribution in [-0.4, -0.2) is 62.5 Å². The first-order valence-electron chi connectivity index (χ1n) is 14.4. The molecule has 2 unspecified atom stereocenters. The molecule has 5 aliphatic rings. The second kappa shape index (κ2) is 9.23. The van der Waals surface area contributed by atoms with Crippen LogP contribution in [0.25, 0.3) is 21.5 Å². The van der Waals surface area contributed by atoms with Crippen LogP contribution >= 0.6 is 0 Å². The molecule has 48 heavy (non-hydrogen) atoms. The van der Waals surface area contributed by atoms with Crippen molar-refractivity contribution in [3.63, 3.8) is 0 Å². The maximum Gasteiger partial charge on any atom is 0.158 e. The van der Waals surface area contributed by atoms with Gasteiger partial charge in [-0.3, -0.25) is 0 Å². The molecule has 2 aromatic carbocycles. The number of hydrogen-bond donors (Lipinski definition) is 12. The van der Waals surface area contributed by atoms with E-state index in [0.29, 0.717) is 32.7 Å². The lowest BCUT2D eigenvalue weighted by Crippen LogP contribution is -2.23. The number of fused-ring (bicyclic) bond motifs is 18. The van der Waals surface area contributed by atoms with Crippen molar-refractivity contribution < 1.29 is 40.9 Å². The zero-order valence-corrected chi connectivity index (χ0v) is 24.1. The van der Waals surface area contributed by atoms with Gasteiger partial charge in [0.15, 0.2) is 46.0 Å². The van der Waals surface area contributed by atoms with Crippen LogP contribution in [0.5, 0.6) is 23.0 Å². The number of allylic oxidation sites excluding steroid dienone is 2. The Labute approximate surface area is 266 Å². The zero-order valence-electron chi connectivity index (χ0n) is 24.1. The summed E-state index contributed by atoms with van der Waals surface area (Å²) in [6.07, 6.45) is 5.47. The molecule has 3 aliphatic heterocycles.